The molecule has 0 saturated carbocycles. The predicted octanol–water partition coefficient (Wildman–Crippen LogP) is 1.54. The Balaban J connectivity index is 2.50. The highest BCUT2D eigenvalue weighted by molar-refractivity contribution is 5.94. The number of carbonyl (C=O) groups excluding carboxylic acids is 4. The lowest BCUT2D eigenvalue weighted by Gasteiger charge is -2.52. The van der Waals surface area contributed by atoms with Crippen LogP contribution in [0.3, 0.4) is 0 Å². The van der Waals surface area contributed by atoms with Crippen LogP contribution in [0.5, 0.6) is 0 Å². The van der Waals surface area contributed by atoms with Gasteiger partial charge in [0.15, 0.2) is 0 Å². The molecule has 3 N–H and O–H groups in total. The Morgan fingerprint density at radius 3 is 2.12 bits per heavy atom. The van der Waals surface area contributed by atoms with Crippen LogP contribution in [0.25, 0.3) is 0 Å². The van der Waals surface area contributed by atoms with Crippen LogP contribution in [0.1, 0.15) is 46.6 Å². The van der Waals surface area contributed by atoms with Gasteiger partial charge in [-0.3, -0.25) is 19.7 Å². The molecule has 0 radical (unpaired) electrons. The summed E-state index contributed by atoms with van der Waals surface area (Å²) in [5.74, 6) is -4.77. The second-order valence-electron chi connectivity index (χ2n) is 9.45. The minimum absolute atomic E-state index is 0.213. The summed E-state index contributed by atoms with van der Waals surface area (Å²) in [6, 6.07) is 3.69. The number of aliphatic hydroxyl groups is 1. The van der Waals surface area contributed by atoms with Gasteiger partial charge in [-0.1, -0.05) is 0 Å². The van der Waals surface area contributed by atoms with Crippen LogP contribution in [-0.2, 0) is 35.2 Å². The molecule has 1 unspecified atom stereocenters. The van der Waals surface area contributed by atoms with Crippen molar-refractivity contribution in [2.75, 3.05) is 0 Å². The van der Waals surface area contributed by atoms with Gasteiger partial charge < -0.3 is 29.3 Å². The number of carbonyl (C=O) groups is 5. The van der Waals surface area contributed by atoms with Crippen LogP contribution in [0, 0.1) is 16.0 Å². The first kappa shape index (κ1) is 31.7. The zero-order valence-corrected chi connectivity index (χ0v) is 22.5. The Kier molecular flexibility index (Phi) is 10.8. The fourth-order valence-electron chi connectivity index (χ4n) is 3.92. The number of hydrogen-bond donors (Lipinski definition) is 3. The Morgan fingerprint density at radius 2 is 1.65 bits per heavy atom. The van der Waals surface area contributed by atoms with Crippen molar-refractivity contribution in [2.24, 2.45) is 5.92 Å². The van der Waals surface area contributed by atoms with E-state index in [1.807, 2.05) is 0 Å². The van der Waals surface area contributed by atoms with Gasteiger partial charge in [-0.15, -0.1) is 0 Å². The molecule has 220 valence electrons. The van der Waals surface area contributed by atoms with E-state index in [1.165, 1.54) is 58.9 Å². The largest absolute Gasteiger partial charge is 0.481 e. The SMILES string of the molecule is CC(C)OC(=O)NN(C(=O)OC(C)C)C(C(=O)OCc1ccc([N+](=O)[O-])cc1)N1C(=O)[C@H]([C@@H](C)O)[C@H]1CC(=O)O. The summed E-state index contributed by atoms with van der Waals surface area (Å²) in [6.45, 7) is 6.79. The van der Waals surface area contributed by atoms with Crippen LogP contribution < -0.4 is 5.43 Å². The van der Waals surface area contributed by atoms with Crippen LogP contribution >= 0.6 is 0 Å². The third kappa shape index (κ3) is 8.02. The first-order chi connectivity index (χ1) is 18.6. The van der Waals surface area contributed by atoms with E-state index < -0.39 is 84.4 Å². The zero-order chi connectivity index (χ0) is 30.3. The van der Waals surface area contributed by atoms with Crippen molar-refractivity contribution in [1.82, 2.24) is 15.3 Å². The number of carboxylic acids is 1. The lowest BCUT2D eigenvalue weighted by atomic mass is 9.80. The number of nitrogens with zero attached hydrogens (tertiary/aromatic N) is 3. The second-order valence-corrected chi connectivity index (χ2v) is 9.45. The molecule has 1 aromatic rings. The number of ether oxygens (including phenoxy) is 3. The third-order valence-corrected chi connectivity index (χ3v) is 5.55. The third-order valence-electron chi connectivity index (χ3n) is 5.55. The van der Waals surface area contributed by atoms with Crippen LogP contribution in [0.2, 0.25) is 0 Å². The van der Waals surface area contributed by atoms with Gasteiger partial charge in [0.25, 0.3) is 5.69 Å². The van der Waals surface area contributed by atoms with Crippen molar-refractivity contribution in [3.05, 3.63) is 39.9 Å². The molecule has 1 aliphatic rings. The van der Waals surface area contributed by atoms with E-state index >= 15 is 0 Å². The minimum Gasteiger partial charge on any atom is -0.481 e. The normalized spacial score (nSPS) is 17.9. The number of esters is 1. The van der Waals surface area contributed by atoms with Crippen molar-refractivity contribution in [3.8, 4) is 0 Å². The highest BCUT2D eigenvalue weighted by atomic mass is 16.6. The molecular formula is C24H32N4O12. The Labute approximate surface area is 228 Å². The number of nitrogens with one attached hydrogen (secondary N) is 1. The van der Waals surface area contributed by atoms with E-state index in [-0.39, 0.29) is 5.69 Å². The Bertz CT molecular complexity index is 1120. The van der Waals surface area contributed by atoms with E-state index in [2.05, 4.69) is 5.43 Å². The molecule has 0 aromatic heterocycles. The van der Waals surface area contributed by atoms with Gasteiger partial charge in [0.2, 0.25) is 12.1 Å². The molecule has 1 aliphatic heterocycles. The summed E-state index contributed by atoms with van der Waals surface area (Å²) < 4.78 is 15.4. The fourth-order valence-corrected chi connectivity index (χ4v) is 3.92. The number of hydrazine groups is 1. The van der Waals surface area contributed by atoms with Crippen molar-refractivity contribution in [2.45, 2.75) is 78.2 Å². The lowest BCUT2D eigenvalue weighted by molar-refractivity contribution is -0.384. The summed E-state index contributed by atoms with van der Waals surface area (Å²) in [4.78, 5) is 74.6. The first-order valence-electron chi connectivity index (χ1n) is 12.2. The first-order valence-corrected chi connectivity index (χ1v) is 12.2. The van der Waals surface area contributed by atoms with E-state index in [1.54, 1.807) is 0 Å². The molecule has 1 heterocycles. The number of likely N-dealkylation sites (tertiary alicyclic amines) is 1. The molecule has 4 atom stereocenters. The van der Waals surface area contributed by atoms with Gasteiger partial charge in [-0.25, -0.2) is 19.8 Å². The predicted molar refractivity (Wildman–Crippen MR) is 133 cm³/mol. The molecular weight excluding hydrogens is 536 g/mol. The maximum atomic E-state index is 13.4. The molecule has 1 saturated heterocycles. The van der Waals surface area contributed by atoms with Gasteiger partial charge in [0.05, 0.1) is 41.6 Å². The molecule has 0 spiro atoms. The highest BCUT2D eigenvalue weighted by Crippen LogP contribution is 2.35. The number of carboxylic acid groups (broad SMARTS) is 1. The smallest absolute Gasteiger partial charge is 0.431 e. The number of amides is 3. The average Bonchev–Trinajstić information content (AvgIpc) is 2.83. The van der Waals surface area contributed by atoms with Crippen molar-refractivity contribution < 1.29 is 53.3 Å². The Hall–Kier alpha value is -4.47. The second kappa shape index (κ2) is 13.5. The molecule has 16 heteroatoms. The van der Waals surface area contributed by atoms with Gasteiger partial charge in [-0.05, 0) is 52.3 Å². The van der Waals surface area contributed by atoms with Crippen molar-refractivity contribution >= 4 is 35.7 Å². The van der Waals surface area contributed by atoms with Crippen LogP contribution in [0.15, 0.2) is 24.3 Å². The Morgan fingerprint density at radius 1 is 1.07 bits per heavy atom. The highest BCUT2D eigenvalue weighted by Gasteiger charge is 2.57. The number of rotatable bonds is 11. The number of aliphatic carboxylic acids is 1. The number of benzene rings is 1. The molecule has 1 fully saturated rings. The standard InChI is InChI=1S/C24H32N4O12/c1-12(2)39-23(34)25-27(24(35)40-13(3)4)20(26-17(10-18(30)31)19(14(5)29)21(26)32)22(33)38-11-15-6-8-16(9-7-15)28(36)37/h6-9,12-14,17,19-20,29H,10-11H2,1-5H3,(H,25,34)(H,30,31)/t14-,17-,19-,20?/m1/s1. The quantitative estimate of drug-likeness (QED) is 0.114. The molecule has 40 heavy (non-hydrogen) atoms. The number of nitro groups is 1. The summed E-state index contributed by atoms with van der Waals surface area (Å²) in [5, 5.41) is 30.8. The topological polar surface area (TPSA) is 215 Å². The molecule has 3 amide bonds. The molecule has 0 bridgehead atoms. The zero-order valence-electron chi connectivity index (χ0n) is 22.5. The van der Waals surface area contributed by atoms with Gasteiger partial charge in [0.1, 0.15) is 6.61 Å². The molecule has 16 nitrogen and oxygen atoms in total. The maximum absolute atomic E-state index is 13.4. The number of hydrogen-bond acceptors (Lipinski definition) is 11. The number of non-ortho nitro benzene ring substituents is 1. The molecule has 2 rings (SSSR count). The lowest BCUT2D eigenvalue weighted by Crippen LogP contribution is -2.74. The number of nitro benzene ring substituents is 1. The van der Waals surface area contributed by atoms with Crippen molar-refractivity contribution in [3.63, 3.8) is 0 Å². The summed E-state index contributed by atoms with van der Waals surface area (Å²) in [7, 11) is 0. The van der Waals surface area contributed by atoms with E-state index in [9.17, 15) is 44.3 Å². The van der Waals surface area contributed by atoms with E-state index in [4.69, 9.17) is 14.2 Å². The average molecular weight is 569 g/mol. The monoisotopic (exact) mass is 568 g/mol. The van der Waals surface area contributed by atoms with Gasteiger partial charge in [-0.2, -0.15) is 5.01 Å². The van der Waals surface area contributed by atoms with E-state index in [0.29, 0.717) is 15.5 Å². The van der Waals surface area contributed by atoms with Crippen LogP contribution in [-0.4, -0.2) is 85.6 Å². The van der Waals surface area contributed by atoms with Gasteiger partial charge >= 0.3 is 24.1 Å². The minimum atomic E-state index is -2.07. The number of aliphatic hydroxyl groups excluding tert-OH is 1. The molecule has 1 aromatic carbocycles. The molecule has 0 aliphatic carbocycles. The summed E-state index contributed by atoms with van der Waals surface area (Å²) in [6.07, 6.45) is -7.98. The number of β-lactam (4-membered cyclic amide) rings is 1. The summed E-state index contributed by atoms with van der Waals surface area (Å²) >= 11 is 0. The van der Waals surface area contributed by atoms with Gasteiger partial charge in [0, 0.05) is 12.1 Å². The fraction of sp³-hybridized carbons (Fsp3) is 0.542. The maximum Gasteiger partial charge on any atom is 0.431 e. The summed E-state index contributed by atoms with van der Waals surface area (Å²) in [5.41, 5.74) is 2.15. The van der Waals surface area contributed by atoms with E-state index in [0.717, 1.165) is 0 Å². The van der Waals surface area contributed by atoms with Crippen molar-refractivity contribution in [1.29, 1.82) is 0 Å². The van der Waals surface area contributed by atoms with Crippen LogP contribution in [0.4, 0.5) is 15.3 Å².